The van der Waals surface area contributed by atoms with Gasteiger partial charge in [-0.2, -0.15) is 0 Å². The number of rotatable bonds is 6. The molecule has 158 valence electrons. The molecule has 10 heteroatoms. The molecule has 0 aromatic heterocycles. The molecule has 0 aliphatic heterocycles. The number of esters is 1. The van der Waals surface area contributed by atoms with E-state index in [1.165, 1.54) is 18.2 Å². The molecule has 0 bridgehead atoms. The highest BCUT2D eigenvalue weighted by Gasteiger charge is 2.20. The first-order valence-corrected chi connectivity index (χ1v) is 11.1. The van der Waals surface area contributed by atoms with Crippen molar-refractivity contribution in [1.29, 1.82) is 0 Å². The Morgan fingerprint density at radius 1 is 0.968 bits per heavy atom. The number of carbonyl (C=O) groups is 2. The van der Waals surface area contributed by atoms with Crippen LogP contribution in [0.15, 0.2) is 74.1 Å². The van der Waals surface area contributed by atoms with Gasteiger partial charge in [-0.1, -0.05) is 50.1 Å². The van der Waals surface area contributed by atoms with Gasteiger partial charge in [0.1, 0.15) is 11.4 Å². The second kappa shape index (κ2) is 10.2. The summed E-state index contributed by atoms with van der Waals surface area (Å²) in [6.07, 6.45) is -0.175. The highest BCUT2D eigenvalue weighted by Crippen LogP contribution is 2.34. The van der Waals surface area contributed by atoms with Crippen molar-refractivity contribution in [2.24, 2.45) is 0 Å². The minimum Gasteiger partial charge on any atom is -0.421 e. The summed E-state index contributed by atoms with van der Waals surface area (Å²) in [5, 5.41) is 13.7. The van der Waals surface area contributed by atoms with Crippen molar-refractivity contribution in [3.63, 3.8) is 0 Å². The number of para-hydroxylation sites is 2. The average molecular weight is 613 g/mol. The molecule has 1 N–H and O–H groups in total. The van der Waals surface area contributed by atoms with Crippen molar-refractivity contribution in [2.45, 2.75) is 6.42 Å². The third-order valence-electron chi connectivity index (χ3n) is 4.07. The van der Waals surface area contributed by atoms with Crippen LogP contribution in [-0.4, -0.2) is 16.8 Å². The number of anilines is 1. The van der Waals surface area contributed by atoms with Gasteiger partial charge in [0.15, 0.2) is 0 Å². The molecule has 0 saturated carbocycles. The number of nitrogens with one attached hydrogen (secondary N) is 1. The van der Waals surface area contributed by atoms with Gasteiger partial charge in [0, 0.05) is 20.6 Å². The van der Waals surface area contributed by atoms with Gasteiger partial charge >= 0.3 is 5.97 Å². The summed E-state index contributed by atoms with van der Waals surface area (Å²) in [6, 6.07) is 15.9. The molecular weight excluding hydrogens is 600 g/mol. The fraction of sp³-hybridized carbons (Fsp3) is 0.0476. The van der Waals surface area contributed by atoms with E-state index in [1.807, 2.05) is 0 Å². The lowest BCUT2D eigenvalue weighted by molar-refractivity contribution is -0.383. The van der Waals surface area contributed by atoms with Crippen LogP contribution >= 0.6 is 47.8 Å². The normalized spacial score (nSPS) is 10.4. The zero-order valence-corrected chi connectivity index (χ0v) is 20.4. The Labute approximate surface area is 202 Å². The third-order valence-corrected chi connectivity index (χ3v) is 5.61. The maximum Gasteiger partial charge on any atom is 0.343 e. The van der Waals surface area contributed by atoms with Crippen molar-refractivity contribution in [3.05, 3.63) is 95.3 Å². The number of halogens is 3. The zero-order valence-electron chi connectivity index (χ0n) is 15.6. The van der Waals surface area contributed by atoms with Gasteiger partial charge in [-0.3, -0.25) is 14.9 Å². The average Bonchev–Trinajstić information content (AvgIpc) is 2.70. The molecular formula is C21H13Br3N2O5. The summed E-state index contributed by atoms with van der Waals surface area (Å²) < 4.78 is 7.43. The Balaban J connectivity index is 1.85. The van der Waals surface area contributed by atoms with Crippen molar-refractivity contribution in [2.75, 3.05) is 5.32 Å². The second-order valence-corrected chi connectivity index (χ2v) is 8.96. The van der Waals surface area contributed by atoms with Crippen molar-refractivity contribution in [3.8, 4) is 5.75 Å². The minimum atomic E-state index is -0.593. The summed E-state index contributed by atoms with van der Waals surface area (Å²) in [4.78, 5) is 35.8. The summed E-state index contributed by atoms with van der Waals surface area (Å²) >= 11 is 10.0. The smallest absolute Gasteiger partial charge is 0.343 e. The number of hydrogen-bond donors (Lipinski definition) is 1. The van der Waals surface area contributed by atoms with Crippen LogP contribution in [-0.2, 0) is 11.2 Å². The molecule has 31 heavy (non-hydrogen) atoms. The Morgan fingerprint density at radius 3 is 2.42 bits per heavy atom. The Hall–Kier alpha value is -2.56. The van der Waals surface area contributed by atoms with Gasteiger partial charge < -0.3 is 10.1 Å². The molecule has 1 amide bonds. The number of ether oxygens (including phenoxy) is 1. The van der Waals surface area contributed by atoms with Crippen LogP contribution in [0.3, 0.4) is 0 Å². The number of benzene rings is 3. The summed E-state index contributed by atoms with van der Waals surface area (Å²) in [5.41, 5.74) is 0.618. The van der Waals surface area contributed by atoms with Crippen LogP contribution in [0.25, 0.3) is 0 Å². The highest BCUT2D eigenvalue weighted by molar-refractivity contribution is 9.11. The zero-order chi connectivity index (χ0) is 22.5. The van der Waals surface area contributed by atoms with Gasteiger partial charge in [-0.05, 0) is 52.3 Å². The molecule has 7 nitrogen and oxygen atoms in total. The quantitative estimate of drug-likeness (QED) is 0.153. The van der Waals surface area contributed by atoms with E-state index in [-0.39, 0.29) is 23.5 Å². The van der Waals surface area contributed by atoms with Crippen molar-refractivity contribution < 1.29 is 19.2 Å². The number of hydrogen-bond acceptors (Lipinski definition) is 5. The molecule has 0 unspecified atom stereocenters. The fourth-order valence-corrected chi connectivity index (χ4v) is 4.53. The molecule has 3 rings (SSSR count). The van der Waals surface area contributed by atoms with E-state index in [2.05, 4.69) is 53.1 Å². The predicted octanol–water partition coefficient (Wildman–Crippen LogP) is 6.28. The number of carbonyl (C=O) groups excluding carboxylic acids is 2. The van der Waals surface area contributed by atoms with Crippen LogP contribution < -0.4 is 10.1 Å². The molecule has 0 aliphatic rings. The largest absolute Gasteiger partial charge is 0.421 e. The van der Waals surface area contributed by atoms with Gasteiger partial charge in [0.25, 0.3) is 5.69 Å². The van der Waals surface area contributed by atoms with Gasteiger partial charge in [0.2, 0.25) is 5.91 Å². The van der Waals surface area contributed by atoms with Crippen LogP contribution in [0.2, 0.25) is 0 Å². The second-order valence-electron chi connectivity index (χ2n) is 6.27. The van der Waals surface area contributed by atoms with Crippen LogP contribution in [0.4, 0.5) is 11.4 Å². The topological polar surface area (TPSA) is 98.5 Å². The Bertz CT molecular complexity index is 1180. The third kappa shape index (κ3) is 5.99. The number of nitro benzene ring substituents is 1. The van der Waals surface area contributed by atoms with Crippen LogP contribution in [0.5, 0.6) is 5.75 Å². The molecule has 3 aromatic rings. The summed E-state index contributed by atoms with van der Waals surface area (Å²) in [6.45, 7) is 0. The molecule has 3 aromatic carbocycles. The number of nitrogens with zero attached hydrogens (tertiary/aromatic N) is 1. The first-order valence-electron chi connectivity index (χ1n) is 8.73. The number of amides is 1. The lowest BCUT2D eigenvalue weighted by atomic mass is 10.1. The van der Waals surface area contributed by atoms with E-state index in [9.17, 15) is 19.7 Å². The maximum atomic E-state index is 12.6. The van der Waals surface area contributed by atoms with E-state index in [4.69, 9.17) is 4.74 Å². The monoisotopic (exact) mass is 610 g/mol. The fourth-order valence-electron chi connectivity index (χ4n) is 2.73. The minimum absolute atomic E-state index is 0.0826. The SMILES string of the molecule is O=C(Cc1cc(Br)cc(Br)c1OC(=O)c1cccc(Br)c1)Nc1ccccc1[N+](=O)[O-]. The highest BCUT2D eigenvalue weighted by atomic mass is 79.9. The Kier molecular flexibility index (Phi) is 7.58. The van der Waals surface area contributed by atoms with E-state index in [1.54, 1.807) is 42.5 Å². The first-order chi connectivity index (χ1) is 14.7. The van der Waals surface area contributed by atoms with Crippen molar-refractivity contribution >= 4 is 71.0 Å². The first kappa shape index (κ1) is 23.1. The molecule has 0 spiro atoms. The predicted molar refractivity (Wildman–Crippen MR) is 126 cm³/mol. The number of nitro groups is 1. The molecule has 0 atom stereocenters. The van der Waals surface area contributed by atoms with E-state index in [0.717, 1.165) is 4.47 Å². The van der Waals surface area contributed by atoms with E-state index in [0.29, 0.717) is 20.1 Å². The van der Waals surface area contributed by atoms with E-state index < -0.39 is 16.8 Å². The van der Waals surface area contributed by atoms with Gasteiger partial charge in [0.05, 0.1) is 21.4 Å². The standard InChI is InChI=1S/C21H13Br3N2O5/c22-14-5-3-4-12(8-14)21(28)31-20-13(9-15(23)11-16(20)24)10-19(27)25-17-6-1-2-7-18(17)26(29)30/h1-9,11H,10H2,(H,25,27). The molecule has 0 radical (unpaired) electrons. The lowest BCUT2D eigenvalue weighted by Crippen LogP contribution is -2.17. The van der Waals surface area contributed by atoms with Crippen molar-refractivity contribution in [1.82, 2.24) is 0 Å². The Morgan fingerprint density at radius 2 is 1.71 bits per heavy atom. The van der Waals surface area contributed by atoms with E-state index >= 15 is 0 Å². The molecule has 0 aliphatic carbocycles. The van der Waals surface area contributed by atoms with Gasteiger partial charge in [-0.15, -0.1) is 0 Å². The van der Waals surface area contributed by atoms with Crippen LogP contribution in [0.1, 0.15) is 15.9 Å². The summed E-state index contributed by atoms with van der Waals surface area (Å²) in [7, 11) is 0. The summed E-state index contributed by atoms with van der Waals surface area (Å²) in [5.74, 6) is -0.908. The van der Waals surface area contributed by atoms with Crippen LogP contribution in [0, 0.1) is 10.1 Å². The maximum absolute atomic E-state index is 12.6. The lowest BCUT2D eigenvalue weighted by Gasteiger charge is -2.13. The molecule has 0 fully saturated rings. The molecule has 0 heterocycles. The molecule has 0 saturated heterocycles. The van der Waals surface area contributed by atoms with Gasteiger partial charge in [-0.25, -0.2) is 4.79 Å².